The van der Waals surface area contributed by atoms with Crippen LogP contribution in [0.3, 0.4) is 0 Å². The first-order valence-corrected chi connectivity index (χ1v) is 5.19. The molecule has 0 saturated heterocycles. The lowest BCUT2D eigenvalue weighted by Gasteiger charge is -2.15. The number of rotatable bonds is 6. The summed E-state index contributed by atoms with van der Waals surface area (Å²) in [6.45, 7) is 0.341. The molecule has 94 valence electrons. The summed E-state index contributed by atoms with van der Waals surface area (Å²) in [7, 11) is 3.01. The van der Waals surface area contributed by atoms with Crippen LogP contribution >= 0.6 is 11.6 Å². The van der Waals surface area contributed by atoms with Crippen LogP contribution in [0.4, 0.5) is 11.4 Å². The number of non-ortho nitro benzene ring substituents is 1. The van der Waals surface area contributed by atoms with Crippen molar-refractivity contribution < 1.29 is 14.4 Å². The van der Waals surface area contributed by atoms with Gasteiger partial charge in [0.25, 0.3) is 5.69 Å². The van der Waals surface area contributed by atoms with Gasteiger partial charge in [-0.05, 0) is 6.07 Å². The van der Waals surface area contributed by atoms with Crippen molar-refractivity contribution in [3.63, 3.8) is 0 Å². The van der Waals surface area contributed by atoms with Crippen LogP contribution in [-0.4, -0.2) is 32.0 Å². The first-order valence-electron chi connectivity index (χ1n) is 4.82. The van der Waals surface area contributed by atoms with E-state index < -0.39 is 11.2 Å². The standard InChI is InChI=1S/C10H13ClN2O4/c1-16-10(17-2)6-12-9-5-7(13(14)15)3-4-8(9)11/h3-5,10,12H,6H2,1-2H3. The van der Waals surface area contributed by atoms with Crippen LogP contribution in [0, 0.1) is 10.1 Å². The van der Waals surface area contributed by atoms with Crippen LogP contribution in [0.1, 0.15) is 0 Å². The van der Waals surface area contributed by atoms with Crippen LogP contribution in [0.15, 0.2) is 18.2 Å². The van der Waals surface area contributed by atoms with Gasteiger partial charge in [0, 0.05) is 26.4 Å². The van der Waals surface area contributed by atoms with E-state index in [9.17, 15) is 10.1 Å². The largest absolute Gasteiger partial charge is 0.379 e. The van der Waals surface area contributed by atoms with Crippen molar-refractivity contribution in [3.8, 4) is 0 Å². The number of methoxy groups -OCH3 is 2. The maximum atomic E-state index is 10.6. The SMILES string of the molecule is COC(CNc1cc([N+](=O)[O-])ccc1Cl)OC. The molecule has 0 aliphatic heterocycles. The zero-order valence-electron chi connectivity index (χ0n) is 9.47. The quantitative estimate of drug-likeness (QED) is 0.483. The van der Waals surface area contributed by atoms with Gasteiger partial charge in [-0.15, -0.1) is 0 Å². The number of ether oxygens (including phenoxy) is 2. The molecule has 0 aliphatic rings. The molecule has 0 radical (unpaired) electrons. The Morgan fingerprint density at radius 3 is 2.65 bits per heavy atom. The minimum atomic E-state index is -0.481. The minimum Gasteiger partial charge on any atom is -0.379 e. The highest BCUT2D eigenvalue weighted by Crippen LogP contribution is 2.26. The van der Waals surface area contributed by atoms with Crippen molar-refractivity contribution in [2.45, 2.75) is 6.29 Å². The van der Waals surface area contributed by atoms with Gasteiger partial charge in [-0.1, -0.05) is 11.6 Å². The van der Waals surface area contributed by atoms with E-state index in [1.807, 2.05) is 0 Å². The summed E-state index contributed by atoms with van der Waals surface area (Å²) in [6.07, 6.45) is -0.440. The van der Waals surface area contributed by atoms with Crippen LogP contribution in [-0.2, 0) is 9.47 Å². The number of nitro benzene ring substituents is 1. The lowest BCUT2D eigenvalue weighted by Crippen LogP contribution is -2.23. The van der Waals surface area contributed by atoms with E-state index in [0.717, 1.165) is 0 Å². The Bertz CT molecular complexity index is 396. The molecular weight excluding hydrogens is 248 g/mol. The molecular formula is C10H13ClN2O4. The number of hydrogen-bond acceptors (Lipinski definition) is 5. The monoisotopic (exact) mass is 260 g/mol. The summed E-state index contributed by atoms with van der Waals surface area (Å²) in [4.78, 5) is 10.1. The molecule has 0 unspecified atom stereocenters. The molecule has 0 saturated carbocycles. The van der Waals surface area contributed by atoms with E-state index in [0.29, 0.717) is 17.3 Å². The maximum absolute atomic E-state index is 10.6. The molecule has 0 heterocycles. The fourth-order valence-electron chi connectivity index (χ4n) is 1.22. The summed E-state index contributed by atoms with van der Waals surface area (Å²) in [5.74, 6) is 0. The van der Waals surface area contributed by atoms with Crippen LogP contribution in [0.5, 0.6) is 0 Å². The number of halogens is 1. The Hall–Kier alpha value is -1.37. The van der Waals surface area contributed by atoms with Gasteiger partial charge in [0.15, 0.2) is 6.29 Å². The average Bonchev–Trinajstić information content (AvgIpc) is 2.32. The molecule has 1 aromatic rings. The van der Waals surface area contributed by atoms with Crippen LogP contribution in [0.2, 0.25) is 5.02 Å². The van der Waals surface area contributed by atoms with E-state index in [1.54, 1.807) is 0 Å². The highest BCUT2D eigenvalue weighted by molar-refractivity contribution is 6.33. The Labute approximate surface area is 104 Å². The van der Waals surface area contributed by atoms with Crippen molar-refractivity contribution in [2.75, 3.05) is 26.1 Å². The van der Waals surface area contributed by atoms with E-state index >= 15 is 0 Å². The summed E-state index contributed by atoms with van der Waals surface area (Å²) in [6, 6.07) is 4.18. The summed E-state index contributed by atoms with van der Waals surface area (Å²) in [5, 5.41) is 13.9. The molecule has 1 N–H and O–H groups in total. The van der Waals surface area contributed by atoms with E-state index in [1.165, 1.54) is 32.4 Å². The minimum absolute atomic E-state index is 0.0247. The second-order valence-corrected chi connectivity index (χ2v) is 3.61. The van der Waals surface area contributed by atoms with Crippen molar-refractivity contribution >= 4 is 23.0 Å². The smallest absolute Gasteiger partial charge is 0.271 e. The molecule has 0 aliphatic carbocycles. The molecule has 1 aromatic carbocycles. The van der Waals surface area contributed by atoms with Crippen molar-refractivity contribution in [2.24, 2.45) is 0 Å². The number of nitro groups is 1. The lowest BCUT2D eigenvalue weighted by atomic mass is 10.3. The van der Waals surface area contributed by atoms with Gasteiger partial charge in [-0.25, -0.2) is 0 Å². The zero-order chi connectivity index (χ0) is 12.8. The Morgan fingerprint density at radius 2 is 2.12 bits per heavy atom. The Morgan fingerprint density at radius 1 is 1.47 bits per heavy atom. The van der Waals surface area contributed by atoms with Gasteiger partial charge < -0.3 is 14.8 Å². The third kappa shape index (κ3) is 3.85. The first-order chi connectivity index (χ1) is 8.08. The number of hydrogen-bond donors (Lipinski definition) is 1. The fourth-order valence-corrected chi connectivity index (χ4v) is 1.40. The molecule has 0 spiro atoms. The van der Waals surface area contributed by atoms with Crippen LogP contribution in [0.25, 0.3) is 0 Å². The van der Waals surface area contributed by atoms with E-state index in [-0.39, 0.29) is 5.69 Å². The van der Waals surface area contributed by atoms with Gasteiger partial charge in [-0.2, -0.15) is 0 Å². The average molecular weight is 261 g/mol. The third-order valence-corrected chi connectivity index (χ3v) is 2.48. The normalized spacial score (nSPS) is 10.6. The van der Waals surface area contributed by atoms with Gasteiger partial charge in [-0.3, -0.25) is 10.1 Å². The van der Waals surface area contributed by atoms with E-state index in [4.69, 9.17) is 21.1 Å². The number of anilines is 1. The molecule has 6 nitrogen and oxygen atoms in total. The molecule has 0 atom stereocenters. The highest BCUT2D eigenvalue weighted by Gasteiger charge is 2.11. The van der Waals surface area contributed by atoms with Crippen molar-refractivity contribution in [1.82, 2.24) is 0 Å². The topological polar surface area (TPSA) is 73.6 Å². The van der Waals surface area contributed by atoms with Crippen molar-refractivity contribution in [3.05, 3.63) is 33.3 Å². The lowest BCUT2D eigenvalue weighted by molar-refractivity contribution is -0.384. The predicted molar refractivity (Wildman–Crippen MR) is 64.4 cm³/mol. The molecule has 0 amide bonds. The second kappa shape index (κ2) is 6.39. The van der Waals surface area contributed by atoms with E-state index in [2.05, 4.69) is 5.32 Å². The van der Waals surface area contributed by atoms with Gasteiger partial charge >= 0.3 is 0 Å². The van der Waals surface area contributed by atoms with Crippen molar-refractivity contribution in [1.29, 1.82) is 0 Å². The van der Waals surface area contributed by atoms with Gasteiger partial charge in [0.2, 0.25) is 0 Å². The number of nitrogens with zero attached hydrogens (tertiary/aromatic N) is 1. The molecule has 17 heavy (non-hydrogen) atoms. The molecule has 1 rings (SSSR count). The molecule has 0 bridgehead atoms. The molecule has 0 fully saturated rings. The Kier molecular flexibility index (Phi) is 5.14. The zero-order valence-corrected chi connectivity index (χ0v) is 10.2. The summed E-state index contributed by atoms with van der Waals surface area (Å²) >= 11 is 5.90. The van der Waals surface area contributed by atoms with Crippen LogP contribution < -0.4 is 5.32 Å². The van der Waals surface area contributed by atoms with Gasteiger partial charge in [0.1, 0.15) is 0 Å². The third-order valence-electron chi connectivity index (χ3n) is 2.15. The highest BCUT2D eigenvalue weighted by atomic mass is 35.5. The van der Waals surface area contributed by atoms with Gasteiger partial charge in [0.05, 0.1) is 22.2 Å². The predicted octanol–water partition coefficient (Wildman–Crippen LogP) is 2.28. The molecule has 0 aromatic heterocycles. The molecule has 7 heteroatoms. The number of benzene rings is 1. The number of nitrogens with one attached hydrogen (secondary N) is 1. The maximum Gasteiger partial charge on any atom is 0.271 e. The fraction of sp³-hybridized carbons (Fsp3) is 0.400. The second-order valence-electron chi connectivity index (χ2n) is 3.20. The summed E-state index contributed by atoms with van der Waals surface area (Å²) in [5.41, 5.74) is 0.447. The summed E-state index contributed by atoms with van der Waals surface area (Å²) < 4.78 is 9.95. The Balaban J connectivity index is 2.75. The first kappa shape index (κ1) is 13.7.